The van der Waals surface area contributed by atoms with Gasteiger partial charge in [-0.05, 0) is 53.7 Å². The molecule has 0 radical (unpaired) electrons. The second kappa shape index (κ2) is 14.6. The maximum atomic E-state index is 12.8. The maximum Gasteiger partial charge on any atom is 0.251 e. The number of aryl methyl sites for hydroxylation is 1. The van der Waals surface area contributed by atoms with Crippen LogP contribution in [-0.4, -0.2) is 65.9 Å². The van der Waals surface area contributed by atoms with Gasteiger partial charge in [0.15, 0.2) is 0 Å². The van der Waals surface area contributed by atoms with E-state index in [1.54, 1.807) is 12.3 Å². The Kier molecular flexibility index (Phi) is 11.5. The monoisotopic (exact) mass is 623 g/mol. The fourth-order valence-electron chi connectivity index (χ4n) is 4.46. The third-order valence-electron chi connectivity index (χ3n) is 6.64. The van der Waals surface area contributed by atoms with Crippen LogP contribution in [0.2, 0.25) is 0 Å². The van der Waals surface area contributed by atoms with Gasteiger partial charge in [-0.2, -0.15) is 4.98 Å². The van der Waals surface area contributed by atoms with E-state index < -0.39 is 15.9 Å². The molecule has 1 saturated heterocycles. The molecular weight excluding hydrogens is 586 g/mol. The number of sulfonamides is 1. The molecule has 1 fully saturated rings. The predicted octanol–water partition coefficient (Wildman–Crippen LogP) is 3.68. The first-order chi connectivity index (χ1) is 18.6. The summed E-state index contributed by atoms with van der Waals surface area (Å²) < 4.78 is 27.6. The molecule has 0 spiro atoms. The molecule has 1 aliphatic rings. The lowest BCUT2D eigenvalue weighted by molar-refractivity contribution is -0.121. The summed E-state index contributed by atoms with van der Waals surface area (Å²) in [7, 11) is -3.46. The van der Waals surface area contributed by atoms with Gasteiger partial charge in [-0.15, -0.1) is 0 Å². The average Bonchev–Trinajstić information content (AvgIpc) is 2.88. The van der Waals surface area contributed by atoms with Gasteiger partial charge in [0, 0.05) is 38.3 Å². The number of benzene rings is 1. The van der Waals surface area contributed by atoms with Crippen LogP contribution in [0.1, 0.15) is 67.8 Å². The molecule has 11 nitrogen and oxygen atoms in total. The van der Waals surface area contributed by atoms with Crippen LogP contribution in [0.25, 0.3) is 0 Å². The van der Waals surface area contributed by atoms with Crippen molar-refractivity contribution in [2.24, 2.45) is 5.73 Å². The summed E-state index contributed by atoms with van der Waals surface area (Å²) in [5, 5.41) is 9.17. The maximum absolute atomic E-state index is 12.8. The summed E-state index contributed by atoms with van der Waals surface area (Å²) in [6.45, 7) is 4.79. The second-order valence-electron chi connectivity index (χ2n) is 9.67. The van der Waals surface area contributed by atoms with Crippen LogP contribution in [0.4, 0.5) is 17.5 Å². The van der Waals surface area contributed by atoms with E-state index in [0.717, 1.165) is 31.2 Å². The Morgan fingerprint density at radius 1 is 1.18 bits per heavy atom. The largest absolute Gasteiger partial charge is 0.366 e. The third-order valence-corrected chi connectivity index (χ3v) is 9.09. The minimum Gasteiger partial charge on any atom is -0.366 e. The highest BCUT2D eigenvalue weighted by atomic mass is 79.9. The molecule has 0 atom stereocenters. The molecule has 13 heteroatoms. The molecule has 214 valence electrons. The number of amides is 2. The highest BCUT2D eigenvalue weighted by molar-refractivity contribution is 9.10. The van der Waals surface area contributed by atoms with Gasteiger partial charge in [-0.1, -0.05) is 38.3 Å². The number of hydrogen-bond acceptors (Lipinski definition) is 8. The number of primary amides is 1. The van der Waals surface area contributed by atoms with Gasteiger partial charge in [-0.3, -0.25) is 9.59 Å². The van der Waals surface area contributed by atoms with Crippen molar-refractivity contribution >= 4 is 55.2 Å². The molecule has 1 aromatic carbocycles. The third kappa shape index (κ3) is 9.14. The van der Waals surface area contributed by atoms with E-state index in [1.807, 2.05) is 19.1 Å². The van der Waals surface area contributed by atoms with Crippen LogP contribution in [0.15, 0.2) is 28.9 Å². The lowest BCUT2D eigenvalue weighted by Gasteiger charge is -2.31. The van der Waals surface area contributed by atoms with E-state index in [-0.39, 0.29) is 24.2 Å². The highest BCUT2D eigenvalue weighted by Crippen LogP contribution is 2.28. The summed E-state index contributed by atoms with van der Waals surface area (Å²) in [4.78, 5) is 32.8. The molecule has 0 saturated carbocycles. The van der Waals surface area contributed by atoms with E-state index in [1.165, 1.54) is 4.31 Å². The van der Waals surface area contributed by atoms with Gasteiger partial charge in [0.05, 0.1) is 21.5 Å². The highest BCUT2D eigenvalue weighted by Gasteiger charge is 2.28. The minimum atomic E-state index is -3.46. The van der Waals surface area contributed by atoms with Crippen molar-refractivity contribution in [3.63, 3.8) is 0 Å². The molecule has 2 aromatic rings. The first kappa shape index (κ1) is 30.8. The first-order valence-electron chi connectivity index (χ1n) is 13.3. The van der Waals surface area contributed by atoms with Crippen LogP contribution in [0.3, 0.4) is 0 Å². The summed E-state index contributed by atoms with van der Waals surface area (Å²) >= 11 is 3.44. The van der Waals surface area contributed by atoms with Crippen molar-refractivity contribution in [3.8, 4) is 0 Å². The van der Waals surface area contributed by atoms with Gasteiger partial charge in [-0.25, -0.2) is 17.7 Å². The minimum absolute atomic E-state index is 0.00607. The van der Waals surface area contributed by atoms with Crippen molar-refractivity contribution in [1.29, 1.82) is 0 Å². The Morgan fingerprint density at radius 3 is 2.62 bits per heavy atom. The van der Waals surface area contributed by atoms with Crippen molar-refractivity contribution in [3.05, 3.63) is 40.0 Å². The van der Waals surface area contributed by atoms with Gasteiger partial charge >= 0.3 is 0 Å². The first-order valence-corrected chi connectivity index (χ1v) is 15.7. The normalized spacial score (nSPS) is 14.6. The number of rotatable bonds is 14. The molecule has 5 N–H and O–H groups in total. The number of piperidine rings is 1. The molecular formula is C26H38BrN7O4S. The number of nitrogens with zero attached hydrogens (tertiary/aromatic N) is 3. The lowest BCUT2D eigenvalue weighted by Crippen LogP contribution is -2.45. The van der Waals surface area contributed by atoms with E-state index in [9.17, 15) is 18.0 Å². The van der Waals surface area contributed by atoms with Gasteiger partial charge in [0.1, 0.15) is 5.82 Å². The van der Waals surface area contributed by atoms with Crippen LogP contribution < -0.4 is 21.7 Å². The molecule has 2 heterocycles. The van der Waals surface area contributed by atoms with E-state index >= 15 is 0 Å². The lowest BCUT2D eigenvalue weighted by atomic mass is 10.1. The standard InChI is InChI=1S/C26H38BrN7O4S/c1-3-4-5-6-10-22(35)29-13-16-39(37,38)34-14-11-19(12-15-34)31-26-30-17-20(27)25(33-26)32-21-9-7-8-18(2)23(21)24(28)36/h7-9,17,19H,3-6,10-16H2,1-2H3,(H2,28,36)(H,29,35)(H2,30,31,32,33). The van der Waals surface area contributed by atoms with E-state index in [0.29, 0.717) is 59.8 Å². The van der Waals surface area contributed by atoms with Crippen molar-refractivity contribution in [2.75, 3.05) is 36.0 Å². The number of nitrogens with one attached hydrogen (secondary N) is 3. The molecule has 39 heavy (non-hydrogen) atoms. The number of nitrogens with two attached hydrogens (primary N) is 1. The molecule has 0 aliphatic carbocycles. The molecule has 3 rings (SSSR count). The molecule has 0 bridgehead atoms. The Bertz CT molecular complexity index is 1250. The number of halogens is 1. The quantitative estimate of drug-likeness (QED) is 0.232. The van der Waals surface area contributed by atoms with Crippen molar-refractivity contribution in [1.82, 2.24) is 19.6 Å². The van der Waals surface area contributed by atoms with Crippen LogP contribution in [-0.2, 0) is 14.8 Å². The summed E-state index contributed by atoms with van der Waals surface area (Å²) in [5.41, 5.74) is 7.25. The fourth-order valence-corrected chi connectivity index (χ4v) is 6.14. The Hall–Kier alpha value is -2.77. The van der Waals surface area contributed by atoms with Crippen LogP contribution in [0, 0.1) is 6.92 Å². The molecule has 1 aliphatic heterocycles. The van der Waals surface area contributed by atoms with Gasteiger partial charge in [0.25, 0.3) is 5.91 Å². The fraction of sp³-hybridized carbons (Fsp3) is 0.538. The average molecular weight is 625 g/mol. The smallest absolute Gasteiger partial charge is 0.251 e. The summed E-state index contributed by atoms with van der Waals surface area (Å²) in [6, 6.07) is 5.38. The zero-order chi connectivity index (χ0) is 28.4. The Balaban J connectivity index is 1.51. The second-order valence-corrected chi connectivity index (χ2v) is 12.6. The number of hydrogen-bond donors (Lipinski definition) is 4. The topological polar surface area (TPSA) is 159 Å². The number of anilines is 3. The van der Waals surface area contributed by atoms with Crippen molar-refractivity contribution in [2.45, 2.75) is 64.8 Å². The Morgan fingerprint density at radius 2 is 1.92 bits per heavy atom. The van der Waals surface area contributed by atoms with E-state index in [4.69, 9.17) is 5.73 Å². The zero-order valence-electron chi connectivity index (χ0n) is 22.5. The molecule has 1 aromatic heterocycles. The SMILES string of the molecule is CCCCCCC(=O)NCCS(=O)(=O)N1CCC(Nc2ncc(Br)c(Nc3cccc(C)c3C(N)=O)n2)CC1. The number of carbonyl (C=O) groups is 2. The molecule has 2 amide bonds. The molecule has 0 unspecified atom stereocenters. The summed E-state index contributed by atoms with van der Waals surface area (Å²) in [5.74, 6) is 0.111. The van der Waals surface area contributed by atoms with E-state index in [2.05, 4.69) is 48.8 Å². The van der Waals surface area contributed by atoms with Gasteiger partial charge in [0.2, 0.25) is 21.9 Å². The summed E-state index contributed by atoms with van der Waals surface area (Å²) in [6.07, 6.45) is 7.27. The van der Waals surface area contributed by atoms with Crippen molar-refractivity contribution < 1.29 is 18.0 Å². The zero-order valence-corrected chi connectivity index (χ0v) is 24.9. The van der Waals surface area contributed by atoms with Crippen LogP contribution in [0.5, 0.6) is 0 Å². The predicted molar refractivity (Wildman–Crippen MR) is 156 cm³/mol. The Labute approximate surface area is 238 Å². The number of aromatic nitrogens is 2. The number of unbranched alkanes of at least 4 members (excludes halogenated alkanes) is 3. The number of carbonyl (C=O) groups excluding carboxylic acids is 2. The van der Waals surface area contributed by atoms with Gasteiger partial charge < -0.3 is 21.7 Å². The van der Waals surface area contributed by atoms with Crippen LogP contribution >= 0.6 is 15.9 Å².